The molecule has 0 atom stereocenters. The third-order valence-electron chi connectivity index (χ3n) is 3.40. The summed E-state index contributed by atoms with van der Waals surface area (Å²) in [4.78, 5) is 8.76. The fourth-order valence-corrected chi connectivity index (χ4v) is 2.15. The number of aromatic nitrogens is 2. The molecule has 0 saturated heterocycles. The van der Waals surface area contributed by atoms with Gasteiger partial charge in [0.05, 0.1) is 24.3 Å². The zero-order chi connectivity index (χ0) is 15.5. The number of fused-ring (bicyclic) bond motifs is 1. The van der Waals surface area contributed by atoms with Gasteiger partial charge in [-0.05, 0) is 42.8 Å². The Morgan fingerprint density at radius 1 is 1.18 bits per heavy atom. The molecule has 0 radical (unpaired) electrons. The predicted molar refractivity (Wildman–Crippen MR) is 85.3 cm³/mol. The van der Waals surface area contributed by atoms with Crippen LogP contribution in [0.4, 0.5) is 11.6 Å². The van der Waals surface area contributed by atoms with Crippen molar-refractivity contribution >= 4 is 22.5 Å². The normalized spacial score (nSPS) is 10.2. The number of hydrogen-bond donors (Lipinski definition) is 1. The first-order valence-corrected chi connectivity index (χ1v) is 6.78. The summed E-state index contributed by atoms with van der Waals surface area (Å²) in [6.45, 7) is 1.91. The van der Waals surface area contributed by atoms with Crippen LogP contribution in [0.5, 0.6) is 5.75 Å². The molecule has 0 aliphatic heterocycles. The molecule has 108 valence electrons. The minimum absolute atomic E-state index is 0.491. The summed E-state index contributed by atoms with van der Waals surface area (Å²) in [7, 11) is 1.63. The molecule has 0 saturated carbocycles. The van der Waals surface area contributed by atoms with E-state index in [0.29, 0.717) is 11.5 Å². The van der Waals surface area contributed by atoms with Crippen LogP contribution in [-0.4, -0.2) is 17.1 Å². The largest absolute Gasteiger partial charge is 0.497 e. The fraction of sp³-hybridized carbons (Fsp3) is 0.118. The molecule has 1 aromatic heterocycles. The number of nitrogens with one attached hydrogen (secondary N) is 1. The third kappa shape index (κ3) is 2.67. The Labute approximate surface area is 128 Å². The Morgan fingerprint density at radius 2 is 2.05 bits per heavy atom. The number of nitrogens with zero attached hydrogens (tertiary/aromatic N) is 3. The summed E-state index contributed by atoms with van der Waals surface area (Å²) in [5.74, 6) is 1.26. The molecule has 0 aliphatic rings. The average Bonchev–Trinajstić information content (AvgIpc) is 2.56. The molecular formula is C17H14N4O. The van der Waals surface area contributed by atoms with Crippen LogP contribution in [0.25, 0.3) is 10.9 Å². The highest BCUT2D eigenvalue weighted by atomic mass is 16.5. The minimum atomic E-state index is 0.491. The first-order valence-electron chi connectivity index (χ1n) is 6.78. The van der Waals surface area contributed by atoms with E-state index in [0.717, 1.165) is 27.9 Å². The van der Waals surface area contributed by atoms with E-state index in [1.165, 1.54) is 0 Å². The van der Waals surface area contributed by atoms with Crippen molar-refractivity contribution in [3.8, 4) is 11.8 Å². The minimum Gasteiger partial charge on any atom is -0.497 e. The summed E-state index contributed by atoms with van der Waals surface area (Å²) in [5.41, 5.74) is 3.19. The second-order valence-corrected chi connectivity index (χ2v) is 4.88. The molecule has 0 bridgehead atoms. The van der Waals surface area contributed by atoms with Gasteiger partial charge in [-0.25, -0.2) is 9.97 Å². The van der Waals surface area contributed by atoms with Crippen LogP contribution in [0.3, 0.4) is 0 Å². The number of ether oxygens (including phenoxy) is 1. The molecule has 2 aromatic carbocycles. The molecule has 0 aliphatic carbocycles. The Kier molecular flexibility index (Phi) is 3.58. The van der Waals surface area contributed by atoms with E-state index < -0.39 is 0 Å². The van der Waals surface area contributed by atoms with E-state index >= 15 is 0 Å². The van der Waals surface area contributed by atoms with Crippen molar-refractivity contribution in [2.24, 2.45) is 0 Å². The summed E-state index contributed by atoms with van der Waals surface area (Å²) in [5, 5.41) is 13.1. The zero-order valence-electron chi connectivity index (χ0n) is 12.3. The quantitative estimate of drug-likeness (QED) is 0.798. The Bertz CT molecular complexity index is 883. The lowest BCUT2D eigenvalue weighted by Gasteiger charge is -2.07. The standard InChI is InChI=1S/C17H14N4O/c1-11-3-4-14(7-12(11)9-18)20-17-19-10-13-8-15(22-2)5-6-16(13)21-17/h3-8,10H,1-2H3,(H,19,20,21). The molecule has 0 amide bonds. The van der Waals surface area contributed by atoms with Gasteiger partial charge >= 0.3 is 0 Å². The van der Waals surface area contributed by atoms with Gasteiger partial charge in [-0.2, -0.15) is 5.26 Å². The number of nitriles is 1. The molecular weight excluding hydrogens is 276 g/mol. The van der Waals surface area contributed by atoms with Crippen LogP contribution in [0, 0.1) is 18.3 Å². The van der Waals surface area contributed by atoms with Gasteiger partial charge in [0.25, 0.3) is 0 Å². The highest BCUT2D eigenvalue weighted by Gasteiger charge is 2.04. The van der Waals surface area contributed by atoms with Crippen molar-refractivity contribution in [3.63, 3.8) is 0 Å². The van der Waals surface area contributed by atoms with Crippen molar-refractivity contribution in [1.82, 2.24) is 9.97 Å². The third-order valence-corrected chi connectivity index (χ3v) is 3.40. The van der Waals surface area contributed by atoms with Gasteiger partial charge in [0.15, 0.2) is 0 Å². The molecule has 5 heteroatoms. The van der Waals surface area contributed by atoms with E-state index in [1.54, 1.807) is 19.4 Å². The number of methoxy groups -OCH3 is 1. The highest BCUT2D eigenvalue weighted by molar-refractivity contribution is 5.80. The first-order chi connectivity index (χ1) is 10.7. The molecule has 0 spiro atoms. The topological polar surface area (TPSA) is 70.8 Å². The second-order valence-electron chi connectivity index (χ2n) is 4.88. The Morgan fingerprint density at radius 3 is 2.82 bits per heavy atom. The van der Waals surface area contributed by atoms with Crippen molar-refractivity contribution < 1.29 is 4.74 Å². The molecule has 3 aromatic rings. The van der Waals surface area contributed by atoms with E-state index in [1.807, 2.05) is 37.3 Å². The zero-order valence-corrected chi connectivity index (χ0v) is 12.3. The van der Waals surface area contributed by atoms with E-state index in [2.05, 4.69) is 21.4 Å². The highest BCUT2D eigenvalue weighted by Crippen LogP contribution is 2.22. The molecule has 1 heterocycles. The van der Waals surface area contributed by atoms with Crippen LogP contribution >= 0.6 is 0 Å². The molecule has 22 heavy (non-hydrogen) atoms. The molecule has 0 fully saturated rings. The van der Waals surface area contributed by atoms with Gasteiger partial charge < -0.3 is 10.1 Å². The van der Waals surface area contributed by atoms with Gasteiger partial charge in [-0.15, -0.1) is 0 Å². The number of rotatable bonds is 3. The number of aryl methyl sites for hydroxylation is 1. The van der Waals surface area contributed by atoms with Gasteiger partial charge in [-0.1, -0.05) is 6.07 Å². The van der Waals surface area contributed by atoms with Gasteiger partial charge in [-0.3, -0.25) is 0 Å². The van der Waals surface area contributed by atoms with E-state index in [4.69, 9.17) is 10.00 Å². The summed E-state index contributed by atoms with van der Waals surface area (Å²) < 4.78 is 5.18. The predicted octanol–water partition coefficient (Wildman–Crippen LogP) is 3.56. The first kappa shape index (κ1) is 13.8. The lowest BCUT2D eigenvalue weighted by Crippen LogP contribution is -1.98. The molecule has 0 unspecified atom stereocenters. The van der Waals surface area contributed by atoms with Crippen LogP contribution in [0.1, 0.15) is 11.1 Å². The van der Waals surface area contributed by atoms with Crippen molar-refractivity contribution in [2.75, 3.05) is 12.4 Å². The average molecular weight is 290 g/mol. The summed E-state index contributed by atoms with van der Waals surface area (Å²) in [6.07, 6.45) is 1.74. The van der Waals surface area contributed by atoms with Crippen molar-refractivity contribution in [1.29, 1.82) is 5.26 Å². The second kappa shape index (κ2) is 5.70. The van der Waals surface area contributed by atoms with E-state index in [9.17, 15) is 0 Å². The molecule has 1 N–H and O–H groups in total. The maximum Gasteiger partial charge on any atom is 0.227 e. The van der Waals surface area contributed by atoms with Gasteiger partial charge in [0, 0.05) is 17.3 Å². The summed E-state index contributed by atoms with van der Waals surface area (Å²) >= 11 is 0. The maximum atomic E-state index is 9.08. The van der Waals surface area contributed by atoms with Crippen LogP contribution < -0.4 is 10.1 Å². The Hall–Kier alpha value is -3.13. The van der Waals surface area contributed by atoms with Crippen molar-refractivity contribution in [3.05, 3.63) is 53.7 Å². The lowest BCUT2D eigenvalue weighted by atomic mass is 10.1. The molecule has 3 rings (SSSR count). The monoisotopic (exact) mass is 290 g/mol. The van der Waals surface area contributed by atoms with Gasteiger partial charge in [0.1, 0.15) is 5.75 Å². The smallest absolute Gasteiger partial charge is 0.227 e. The van der Waals surface area contributed by atoms with Crippen LogP contribution in [-0.2, 0) is 0 Å². The SMILES string of the molecule is COc1ccc2nc(Nc3ccc(C)c(C#N)c3)ncc2c1. The number of benzene rings is 2. The van der Waals surface area contributed by atoms with Crippen LogP contribution in [0.15, 0.2) is 42.6 Å². The number of anilines is 2. The van der Waals surface area contributed by atoms with Crippen molar-refractivity contribution in [2.45, 2.75) is 6.92 Å². The summed E-state index contributed by atoms with van der Waals surface area (Å²) in [6, 6.07) is 13.4. The van der Waals surface area contributed by atoms with Gasteiger partial charge in [0.2, 0.25) is 5.95 Å². The van der Waals surface area contributed by atoms with Crippen LogP contribution in [0.2, 0.25) is 0 Å². The molecule has 5 nitrogen and oxygen atoms in total. The fourth-order valence-electron chi connectivity index (χ4n) is 2.15. The number of hydrogen-bond acceptors (Lipinski definition) is 5. The van der Waals surface area contributed by atoms with E-state index in [-0.39, 0.29) is 0 Å². The maximum absolute atomic E-state index is 9.08. The lowest BCUT2D eigenvalue weighted by molar-refractivity contribution is 0.415. The Balaban J connectivity index is 1.92.